The lowest BCUT2D eigenvalue weighted by molar-refractivity contribution is 0.0444. The predicted molar refractivity (Wildman–Crippen MR) is 86.6 cm³/mol. The fourth-order valence-corrected chi connectivity index (χ4v) is 3.92. The van der Waals surface area contributed by atoms with Gasteiger partial charge in [0, 0.05) is 4.88 Å². The molecule has 0 spiro atoms. The molecule has 3 aromatic heterocycles. The number of thiophene rings is 1. The smallest absolute Gasteiger partial charge is 0.348 e. The van der Waals surface area contributed by atoms with Gasteiger partial charge in [0.05, 0.1) is 6.26 Å². The van der Waals surface area contributed by atoms with E-state index in [1.54, 1.807) is 12.1 Å². The van der Waals surface area contributed by atoms with Crippen LogP contribution in [0.2, 0.25) is 0 Å². The molecule has 0 unspecified atom stereocenters. The molecule has 6 nitrogen and oxygen atoms in total. The highest BCUT2D eigenvalue weighted by Gasteiger charge is 2.22. The Morgan fingerprint density at radius 1 is 1.46 bits per heavy atom. The molecule has 0 bridgehead atoms. The SMILES string of the molecule is C[C@H]1CCc2sc(C(=O)OCc3nnc(-c4ccco4)o3)cc2C1. The number of hydrogen-bond acceptors (Lipinski definition) is 7. The first-order valence-electron chi connectivity index (χ1n) is 7.84. The highest BCUT2D eigenvalue weighted by molar-refractivity contribution is 7.14. The zero-order chi connectivity index (χ0) is 16.5. The molecule has 0 aromatic carbocycles. The van der Waals surface area contributed by atoms with Gasteiger partial charge in [0.2, 0.25) is 0 Å². The van der Waals surface area contributed by atoms with E-state index < -0.39 is 0 Å². The number of carbonyl (C=O) groups excluding carboxylic acids is 1. The number of esters is 1. The Morgan fingerprint density at radius 3 is 3.21 bits per heavy atom. The number of nitrogens with zero attached hydrogens (tertiary/aromatic N) is 2. The summed E-state index contributed by atoms with van der Waals surface area (Å²) in [5.41, 5.74) is 1.28. The van der Waals surface area contributed by atoms with Crippen molar-refractivity contribution in [2.45, 2.75) is 32.8 Å². The molecule has 0 radical (unpaired) electrons. The van der Waals surface area contributed by atoms with Gasteiger partial charge in [0.15, 0.2) is 12.4 Å². The van der Waals surface area contributed by atoms with E-state index in [1.165, 1.54) is 34.5 Å². The van der Waals surface area contributed by atoms with E-state index in [0.29, 0.717) is 16.6 Å². The second-order valence-electron chi connectivity index (χ2n) is 5.96. The fourth-order valence-electron chi connectivity index (χ4n) is 2.82. The van der Waals surface area contributed by atoms with Crippen molar-refractivity contribution in [3.8, 4) is 11.7 Å². The molecule has 0 N–H and O–H groups in total. The van der Waals surface area contributed by atoms with Crippen LogP contribution in [0.5, 0.6) is 0 Å². The predicted octanol–water partition coefficient (Wildman–Crippen LogP) is 3.87. The Balaban J connectivity index is 1.40. The molecule has 1 aliphatic rings. The summed E-state index contributed by atoms with van der Waals surface area (Å²) in [6, 6.07) is 5.42. The lowest BCUT2D eigenvalue weighted by Gasteiger charge is -2.16. The zero-order valence-electron chi connectivity index (χ0n) is 13.2. The molecule has 7 heteroatoms. The highest BCUT2D eigenvalue weighted by Crippen LogP contribution is 2.32. The molecule has 1 aliphatic carbocycles. The van der Waals surface area contributed by atoms with Crippen molar-refractivity contribution in [1.82, 2.24) is 10.2 Å². The maximum absolute atomic E-state index is 12.2. The summed E-state index contributed by atoms with van der Waals surface area (Å²) in [6.07, 6.45) is 4.79. The Kier molecular flexibility index (Phi) is 3.93. The van der Waals surface area contributed by atoms with Crippen LogP contribution in [0.25, 0.3) is 11.7 Å². The number of fused-ring (bicyclic) bond motifs is 1. The normalized spacial score (nSPS) is 16.8. The summed E-state index contributed by atoms with van der Waals surface area (Å²) < 4.78 is 15.9. The summed E-state index contributed by atoms with van der Waals surface area (Å²) in [6.45, 7) is 2.19. The maximum atomic E-state index is 12.2. The van der Waals surface area contributed by atoms with Crippen molar-refractivity contribution < 1.29 is 18.4 Å². The quantitative estimate of drug-likeness (QED) is 0.669. The lowest BCUT2D eigenvalue weighted by Crippen LogP contribution is -2.08. The van der Waals surface area contributed by atoms with Gasteiger partial charge in [-0.25, -0.2) is 4.79 Å². The number of carbonyl (C=O) groups is 1. The minimum absolute atomic E-state index is 0.0501. The van der Waals surface area contributed by atoms with Crippen molar-refractivity contribution in [3.05, 3.63) is 45.7 Å². The first-order chi connectivity index (χ1) is 11.7. The number of aromatic nitrogens is 2. The van der Waals surface area contributed by atoms with Crippen LogP contribution >= 0.6 is 11.3 Å². The van der Waals surface area contributed by atoms with E-state index in [9.17, 15) is 4.79 Å². The van der Waals surface area contributed by atoms with Crippen LogP contribution in [0.4, 0.5) is 0 Å². The summed E-state index contributed by atoms with van der Waals surface area (Å²) in [7, 11) is 0. The molecule has 24 heavy (non-hydrogen) atoms. The minimum atomic E-state index is -0.347. The van der Waals surface area contributed by atoms with Crippen LogP contribution in [-0.2, 0) is 24.2 Å². The molecule has 3 aromatic rings. The van der Waals surface area contributed by atoms with Gasteiger partial charge in [0.25, 0.3) is 11.8 Å². The molecule has 0 saturated carbocycles. The topological polar surface area (TPSA) is 78.4 Å². The minimum Gasteiger partial charge on any atom is -0.459 e. The Labute approximate surface area is 142 Å². The number of rotatable bonds is 4. The average Bonchev–Trinajstić information content (AvgIpc) is 3.30. The Morgan fingerprint density at radius 2 is 2.38 bits per heavy atom. The molecule has 0 amide bonds. The van der Waals surface area contributed by atoms with E-state index >= 15 is 0 Å². The van der Waals surface area contributed by atoms with Crippen LogP contribution in [0.1, 0.15) is 39.3 Å². The third kappa shape index (κ3) is 2.99. The molecule has 0 aliphatic heterocycles. The molecule has 3 heterocycles. The van der Waals surface area contributed by atoms with E-state index in [4.69, 9.17) is 13.6 Å². The lowest BCUT2D eigenvalue weighted by atomic mass is 9.90. The molecule has 4 rings (SSSR count). The van der Waals surface area contributed by atoms with Gasteiger partial charge in [-0.2, -0.15) is 0 Å². The third-order valence-corrected chi connectivity index (χ3v) is 5.27. The summed E-state index contributed by atoms with van der Waals surface area (Å²) in [5, 5.41) is 7.73. The van der Waals surface area contributed by atoms with Gasteiger partial charge in [-0.05, 0) is 48.9 Å². The molecular formula is C17H16N2O4S. The number of ether oxygens (including phenoxy) is 1. The van der Waals surface area contributed by atoms with Crippen molar-refractivity contribution in [2.75, 3.05) is 0 Å². The van der Waals surface area contributed by atoms with Crippen molar-refractivity contribution in [2.24, 2.45) is 5.92 Å². The Bertz CT molecular complexity index is 850. The summed E-state index contributed by atoms with van der Waals surface area (Å²) >= 11 is 1.53. The Hall–Kier alpha value is -2.41. The molecule has 0 saturated heterocycles. The van der Waals surface area contributed by atoms with Crippen LogP contribution < -0.4 is 0 Å². The molecule has 1 atom stereocenters. The third-order valence-electron chi connectivity index (χ3n) is 4.06. The van der Waals surface area contributed by atoms with Crippen LogP contribution in [0.15, 0.2) is 33.3 Å². The van der Waals surface area contributed by atoms with Crippen LogP contribution in [0, 0.1) is 5.92 Å². The molecular weight excluding hydrogens is 328 g/mol. The highest BCUT2D eigenvalue weighted by atomic mass is 32.1. The fraction of sp³-hybridized carbons (Fsp3) is 0.353. The summed E-state index contributed by atoms with van der Waals surface area (Å²) in [5.74, 6) is 1.32. The van der Waals surface area contributed by atoms with Gasteiger partial charge in [0.1, 0.15) is 4.88 Å². The molecule has 124 valence electrons. The van der Waals surface area contributed by atoms with E-state index in [-0.39, 0.29) is 24.4 Å². The van der Waals surface area contributed by atoms with Gasteiger partial charge >= 0.3 is 5.97 Å². The monoisotopic (exact) mass is 344 g/mol. The maximum Gasteiger partial charge on any atom is 0.348 e. The van der Waals surface area contributed by atoms with E-state index in [0.717, 1.165) is 12.8 Å². The summed E-state index contributed by atoms with van der Waals surface area (Å²) in [4.78, 5) is 14.2. The second kappa shape index (κ2) is 6.24. The van der Waals surface area contributed by atoms with E-state index in [2.05, 4.69) is 17.1 Å². The van der Waals surface area contributed by atoms with Crippen molar-refractivity contribution >= 4 is 17.3 Å². The van der Waals surface area contributed by atoms with E-state index in [1.807, 2.05) is 6.07 Å². The molecule has 0 fully saturated rings. The first-order valence-corrected chi connectivity index (χ1v) is 8.65. The number of hydrogen-bond donors (Lipinski definition) is 0. The van der Waals surface area contributed by atoms with Crippen LogP contribution in [-0.4, -0.2) is 16.2 Å². The second-order valence-corrected chi connectivity index (χ2v) is 7.10. The first kappa shape index (κ1) is 15.1. The zero-order valence-corrected chi connectivity index (χ0v) is 14.0. The van der Waals surface area contributed by atoms with Gasteiger partial charge in [-0.3, -0.25) is 0 Å². The standard InChI is InChI=1S/C17H16N2O4S/c1-10-4-5-13-11(7-10)8-14(24-13)17(20)22-9-15-18-19-16(23-15)12-3-2-6-21-12/h2-3,6,8,10H,4-5,7,9H2,1H3/t10-/m0/s1. The van der Waals surface area contributed by atoms with Gasteiger partial charge < -0.3 is 13.6 Å². The van der Waals surface area contributed by atoms with Gasteiger partial charge in [-0.15, -0.1) is 21.5 Å². The van der Waals surface area contributed by atoms with Gasteiger partial charge in [-0.1, -0.05) is 6.92 Å². The van der Waals surface area contributed by atoms with Crippen molar-refractivity contribution in [1.29, 1.82) is 0 Å². The largest absolute Gasteiger partial charge is 0.459 e. The van der Waals surface area contributed by atoms with Crippen molar-refractivity contribution in [3.63, 3.8) is 0 Å². The van der Waals surface area contributed by atoms with Crippen LogP contribution in [0.3, 0.4) is 0 Å². The number of aryl methyl sites for hydroxylation is 1. The average molecular weight is 344 g/mol. The number of furan rings is 1.